The number of likely N-dealkylation sites (N-methyl/N-ethyl adjacent to an activating group) is 1. The van der Waals surface area contributed by atoms with Gasteiger partial charge in [0.15, 0.2) is 0 Å². The molecule has 0 spiro atoms. The van der Waals surface area contributed by atoms with Crippen LogP contribution in [0.5, 0.6) is 0 Å². The number of ether oxygens (including phenoxy) is 1. The molecule has 4 nitrogen and oxygen atoms in total. The quantitative estimate of drug-likeness (QED) is 0.536. The van der Waals surface area contributed by atoms with Gasteiger partial charge in [0.1, 0.15) is 12.9 Å². The third kappa shape index (κ3) is 3.54. The van der Waals surface area contributed by atoms with Crippen molar-refractivity contribution in [3.05, 3.63) is 0 Å². The Morgan fingerprint density at radius 3 is 2.50 bits per heavy atom. The molecule has 0 aromatic rings. The van der Waals surface area contributed by atoms with Gasteiger partial charge in [0, 0.05) is 24.7 Å². The average molecular weight is 228 g/mol. The smallest absolute Gasteiger partial charge is 0.145 e. The molecule has 1 heterocycles. The Labute approximate surface area is 98.3 Å². The van der Waals surface area contributed by atoms with Gasteiger partial charge in [0.2, 0.25) is 0 Å². The van der Waals surface area contributed by atoms with Crippen molar-refractivity contribution < 1.29 is 9.53 Å². The second kappa shape index (κ2) is 6.33. The lowest BCUT2D eigenvalue weighted by Gasteiger charge is -2.42. The van der Waals surface area contributed by atoms with E-state index in [0.717, 1.165) is 32.2 Å². The zero-order chi connectivity index (χ0) is 12.0. The minimum Gasteiger partial charge on any atom is -0.372 e. The number of likely N-dealkylation sites (tertiary alicyclic amines) is 1. The van der Waals surface area contributed by atoms with E-state index in [9.17, 15) is 4.79 Å². The van der Waals surface area contributed by atoms with E-state index in [0.29, 0.717) is 12.6 Å². The van der Waals surface area contributed by atoms with Gasteiger partial charge in [0.05, 0.1) is 6.61 Å². The Balaban J connectivity index is 2.41. The molecule has 1 aliphatic heterocycles. The lowest BCUT2D eigenvalue weighted by molar-refractivity contribution is -0.112. The molecule has 4 heteroatoms. The molecule has 0 atom stereocenters. The number of piperidine rings is 1. The number of carbonyl (C=O) groups excluding carboxylic acids is 1. The van der Waals surface area contributed by atoms with Crippen molar-refractivity contribution in [2.24, 2.45) is 0 Å². The van der Waals surface area contributed by atoms with E-state index >= 15 is 0 Å². The average Bonchev–Trinajstić information content (AvgIpc) is 2.30. The van der Waals surface area contributed by atoms with Gasteiger partial charge in [-0.15, -0.1) is 0 Å². The van der Waals surface area contributed by atoms with E-state index in [1.165, 1.54) is 0 Å². The maximum absolute atomic E-state index is 10.2. The highest BCUT2D eigenvalue weighted by molar-refractivity contribution is 5.50. The molecule has 1 saturated heterocycles. The highest BCUT2D eigenvalue weighted by Crippen LogP contribution is 2.23. The highest BCUT2D eigenvalue weighted by Gasteiger charge is 2.33. The van der Waals surface area contributed by atoms with Crippen LogP contribution in [0.2, 0.25) is 0 Å². The van der Waals surface area contributed by atoms with Gasteiger partial charge in [-0.05, 0) is 33.7 Å². The van der Waals surface area contributed by atoms with Crippen molar-refractivity contribution in [2.45, 2.75) is 38.3 Å². The molecule has 94 valence electrons. The second-order valence-corrected chi connectivity index (χ2v) is 4.84. The minimum atomic E-state index is 0.0639. The van der Waals surface area contributed by atoms with E-state index in [4.69, 9.17) is 4.74 Å². The SMILES string of the molecule is CNC1(COCC=O)CCN(C(C)C)CC1. The third-order valence-electron chi connectivity index (χ3n) is 3.58. The molecule has 1 N–H and O–H groups in total. The van der Waals surface area contributed by atoms with E-state index in [-0.39, 0.29) is 12.1 Å². The van der Waals surface area contributed by atoms with Gasteiger partial charge < -0.3 is 19.7 Å². The van der Waals surface area contributed by atoms with Crippen LogP contribution in [0.25, 0.3) is 0 Å². The number of aldehydes is 1. The lowest BCUT2D eigenvalue weighted by atomic mass is 9.88. The summed E-state index contributed by atoms with van der Waals surface area (Å²) in [6.07, 6.45) is 2.98. The summed E-state index contributed by atoms with van der Waals surface area (Å²) in [5.41, 5.74) is 0.0639. The molecule has 0 unspecified atom stereocenters. The van der Waals surface area contributed by atoms with E-state index in [1.54, 1.807) is 0 Å². The van der Waals surface area contributed by atoms with Crippen LogP contribution < -0.4 is 5.32 Å². The van der Waals surface area contributed by atoms with E-state index in [1.807, 2.05) is 7.05 Å². The number of carbonyl (C=O) groups is 1. The van der Waals surface area contributed by atoms with Crippen LogP contribution in [0.4, 0.5) is 0 Å². The van der Waals surface area contributed by atoms with Gasteiger partial charge >= 0.3 is 0 Å². The summed E-state index contributed by atoms with van der Waals surface area (Å²) in [6.45, 7) is 7.50. The lowest BCUT2D eigenvalue weighted by Crippen LogP contribution is -2.56. The predicted molar refractivity (Wildman–Crippen MR) is 64.6 cm³/mol. The van der Waals surface area contributed by atoms with Crippen molar-refractivity contribution in [3.63, 3.8) is 0 Å². The number of hydrogen-bond acceptors (Lipinski definition) is 4. The predicted octanol–water partition coefficient (Wildman–Crippen LogP) is 0.664. The van der Waals surface area contributed by atoms with Crippen molar-refractivity contribution in [3.8, 4) is 0 Å². The summed E-state index contributed by atoms with van der Waals surface area (Å²) in [5.74, 6) is 0. The fourth-order valence-electron chi connectivity index (χ4n) is 2.24. The Hall–Kier alpha value is -0.450. The van der Waals surface area contributed by atoms with Crippen molar-refractivity contribution in [1.82, 2.24) is 10.2 Å². The Morgan fingerprint density at radius 1 is 1.44 bits per heavy atom. The van der Waals surface area contributed by atoms with Gasteiger partial charge in [-0.1, -0.05) is 0 Å². The number of nitrogens with zero attached hydrogens (tertiary/aromatic N) is 1. The molecule has 1 aliphatic rings. The van der Waals surface area contributed by atoms with Crippen LogP contribution in [-0.2, 0) is 9.53 Å². The molecule has 0 aromatic heterocycles. The summed E-state index contributed by atoms with van der Waals surface area (Å²) < 4.78 is 5.36. The Morgan fingerprint density at radius 2 is 2.06 bits per heavy atom. The van der Waals surface area contributed by atoms with Gasteiger partial charge in [-0.3, -0.25) is 0 Å². The van der Waals surface area contributed by atoms with Crippen LogP contribution in [0.1, 0.15) is 26.7 Å². The number of rotatable bonds is 6. The zero-order valence-electron chi connectivity index (χ0n) is 10.7. The standard InChI is InChI=1S/C12H24N2O2/c1-11(2)14-6-4-12(13-3,5-7-14)10-16-9-8-15/h8,11,13H,4-7,9-10H2,1-3H3. The summed E-state index contributed by atoms with van der Waals surface area (Å²) >= 11 is 0. The molecule has 0 radical (unpaired) electrons. The maximum atomic E-state index is 10.2. The molecule has 0 saturated carbocycles. The van der Waals surface area contributed by atoms with E-state index in [2.05, 4.69) is 24.1 Å². The normalized spacial score (nSPS) is 21.2. The van der Waals surface area contributed by atoms with Gasteiger partial charge in [-0.25, -0.2) is 0 Å². The highest BCUT2D eigenvalue weighted by atomic mass is 16.5. The van der Waals surface area contributed by atoms with Gasteiger partial charge in [0.25, 0.3) is 0 Å². The molecule has 0 aromatic carbocycles. The summed E-state index contributed by atoms with van der Waals surface area (Å²) in [5, 5.41) is 3.37. The van der Waals surface area contributed by atoms with Crippen molar-refractivity contribution in [1.29, 1.82) is 0 Å². The Kier molecular flexibility index (Phi) is 5.38. The molecule has 1 fully saturated rings. The molecule has 16 heavy (non-hydrogen) atoms. The molecule has 0 bridgehead atoms. The van der Waals surface area contributed by atoms with Crippen LogP contribution in [0.15, 0.2) is 0 Å². The second-order valence-electron chi connectivity index (χ2n) is 4.84. The minimum absolute atomic E-state index is 0.0639. The van der Waals surface area contributed by atoms with Crippen LogP contribution in [0, 0.1) is 0 Å². The van der Waals surface area contributed by atoms with Crippen molar-refractivity contribution >= 4 is 6.29 Å². The first kappa shape index (κ1) is 13.6. The molecular weight excluding hydrogens is 204 g/mol. The molecular formula is C12H24N2O2. The molecule has 1 rings (SSSR count). The molecule has 0 aliphatic carbocycles. The Bertz CT molecular complexity index is 211. The van der Waals surface area contributed by atoms with Crippen LogP contribution in [0.3, 0.4) is 0 Å². The zero-order valence-corrected chi connectivity index (χ0v) is 10.7. The maximum Gasteiger partial charge on any atom is 0.145 e. The van der Waals surface area contributed by atoms with Crippen molar-refractivity contribution in [2.75, 3.05) is 33.4 Å². The van der Waals surface area contributed by atoms with E-state index < -0.39 is 0 Å². The third-order valence-corrected chi connectivity index (χ3v) is 3.58. The summed E-state index contributed by atoms with van der Waals surface area (Å²) in [6, 6.07) is 0.616. The summed E-state index contributed by atoms with van der Waals surface area (Å²) in [7, 11) is 1.98. The van der Waals surface area contributed by atoms with Crippen LogP contribution >= 0.6 is 0 Å². The summed E-state index contributed by atoms with van der Waals surface area (Å²) in [4.78, 5) is 12.7. The first-order valence-electron chi connectivity index (χ1n) is 6.08. The fourth-order valence-corrected chi connectivity index (χ4v) is 2.24. The largest absolute Gasteiger partial charge is 0.372 e. The number of nitrogens with one attached hydrogen (secondary N) is 1. The van der Waals surface area contributed by atoms with Crippen LogP contribution in [-0.4, -0.2) is 56.1 Å². The number of hydrogen-bond donors (Lipinski definition) is 1. The molecule has 0 amide bonds. The van der Waals surface area contributed by atoms with Gasteiger partial charge in [-0.2, -0.15) is 0 Å². The first-order chi connectivity index (χ1) is 7.63. The fraction of sp³-hybridized carbons (Fsp3) is 0.917. The first-order valence-corrected chi connectivity index (χ1v) is 6.08. The monoisotopic (exact) mass is 228 g/mol. The topological polar surface area (TPSA) is 41.6 Å².